The molecule has 1 atom stereocenters. The lowest BCUT2D eigenvalue weighted by Gasteiger charge is -2.39. The van der Waals surface area contributed by atoms with E-state index in [0.717, 1.165) is 29.7 Å². The summed E-state index contributed by atoms with van der Waals surface area (Å²) in [6, 6.07) is 13.1. The lowest BCUT2D eigenvalue weighted by atomic mass is 9.80. The topological polar surface area (TPSA) is 77.1 Å². The predicted molar refractivity (Wildman–Crippen MR) is 122 cm³/mol. The number of hydrogen-bond acceptors (Lipinski definition) is 5. The smallest absolute Gasteiger partial charge is 0.227 e. The standard InChI is InChI=1S/C25H32N2O5/c1-25(24(29)26-16-19-7-5-8-20(13-19)30-2)11-6-12-27(17-25)23(28)15-18-9-10-21(31-3)22(14-18)32-4/h5,7-10,13-14H,6,11-12,15-17H2,1-4H3,(H,26,29)/t25-/m1/s1. The molecule has 7 nitrogen and oxygen atoms in total. The highest BCUT2D eigenvalue weighted by atomic mass is 16.5. The molecule has 0 unspecified atom stereocenters. The molecule has 32 heavy (non-hydrogen) atoms. The number of nitrogens with zero attached hydrogens (tertiary/aromatic N) is 1. The second kappa shape index (κ2) is 10.4. The zero-order valence-electron chi connectivity index (χ0n) is 19.3. The maximum atomic E-state index is 13.0. The van der Waals surface area contributed by atoms with E-state index in [9.17, 15) is 9.59 Å². The molecular formula is C25H32N2O5. The summed E-state index contributed by atoms with van der Waals surface area (Å²) in [6.45, 7) is 3.42. The van der Waals surface area contributed by atoms with Gasteiger partial charge >= 0.3 is 0 Å². The normalized spacial score (nSPS) is 18.1. The third-order valence-corrected chi connectivity index (χ3v) is 5.99. The van der Waals surface area contributed by atoms with Gasteiger partial charge in [-0.1, -0.05) is 18.2 Å². The van der Waals surface area contributed by atoms with Crippen LogP contribution >= 0.6 is 0 Å². The lowest BCUT2D eigenvalue weighted by Crippen LogP contribution is -2.52. The SMILES string of the molecule is COc1cccc(CNC(=O)[C@]2(C)CCCN(C(=O)Cc3ccc(OC)c(OC)c3)C2)c1. The number of carbonyl (C=O) groups is 2. The number of amides is 2. The molecule has 172 valence electrons. The Labute approximate surface area is 189 Å². The minimum Gasteiger partial charge on any atom is -0.497 e. The van der Waals surface area contributed by atoms with Gasteiger partial charge in [0.2, 0.25) is 11.8 Å². The molecule has 1 N–H and O–H groups in total. The first-order valence-electron chi connectivity index (χ1n) is 10.8. The van der Waals surface area contributed by atoms with Crippen molar-refractivity contribution in [3.63, 3.8) is 0 Å². The van der Waals surface area contributed by atoms with Crippen LogP contribution in [0, 0.1) is 5.41 Å². The minimum atomic E-state index is -0.621. The molecule has 0 aromatic heterocycles. The molecule has 1 aliphatic rings. The van der Waals surface area contributed by atoms with E-state index >= 15 is 0 Å². The molecule has 7 heteroatoms. The molecule has 0 radical (unpaired) electrons. The first kappa shape index (κ1) is 23.4. The Morgan fingerprint density at radius 1 is 1.00 bits per heavy atom. The van der Waals surface area contributed by atoms with Crippen LogP contribution in [0.15, 0.2) is 42.5 Å². The fourth-order valence-corrected chi connectivity index (χ4v) is 4.09. The first-order chi connectivity index (χ1) is 15.4. The first-order valence-corrected chi connectivity index (χ1v) is 10.8. The predicted octanol–water partition coefficient (Wildman–Crippen LogP) is 3.20. The number of hydrogen-bond donors (Lipinski definition) is 1. The van der Waals surface area contributed by atoms with E-state index in [0.29, 0.717) is 31.1 Å². The summed E-state index contributed by atoms with van der Waals surface area (Å²) in [6.07, 6.45) is 1.79. The number of rotatable bonds is 8. The maximum absolute atomic E-state index is 13.0. The van der Waals surface area contributed by atoms with E-state index < -0.39 is 5.41 Å². The van der Waals surface area contributed by atoms with Crippen molar-refractivity contribution in [3.8, 4) is 17.2 Å². The molecule has 1 saturated heterocycles. The molecule has 2 aromatic carbocycles. The van der Waals surface area contributed by atoms with E-state index in [1.165, 1.54) is 0 Å². The summed E-state index contributed by atoms with van der Waals surface area (Å²) in [5.74, 6) is 1.94. The van der Waals surface area contributed by atoms with Gasteiger partial charge < -0.3 is 24.4 Å². The Bertz CT molecular complexity index is 961. The monoisotopic (exact) mass is 440 g/mol. The summed E-state index contributed by atoms with van der Waals surface area (Å²) >= 11 is 0. The number of methoxy groups -OCH3 is 3. The van der Waals surface area contributed by atoms with Gasteiger partial charge in [0.25, 0.3) is 0 Å². The maximum Gasteiger partial charge on any atom is 0.227 e. The van der Waals surface area contributed by atoms with Crippen molar-refractivity contribution >= 4 is 11.8 Å². The number of carbonyl (C=O) groups excluding carboxylic acids is 2. The average Bonchev–Trinajstić information content (AvgIpc) is 2.82. The molecule has 0 spiro atoms. The number of piperidine rings is 1. The Morgan fingerprint density at radius 2 is 1.78 bits per heavy atom. The van der Waals surface area contributed by atoms with Gasteiger partial charge in [0.15, 0.2) is 11.5 Å². The van der Waals surface area contributed by atoms with E-state index in [1.54, 1.807) is 32.3 Å². The largest absolute Gasteiger partial charge is 0.497 e. The fraction of sp³-hybridized carbons (Fsp3) is 0.440. The Kier molecular flexibility index (Phi) is 7.62. The van der Waals surface area contributed by atoms with Gasteiger partial charge in [-0.3, -0.25) is 9.59 Å². The molecular weight excluding hydrogens is 408 g/mol. The highest BCUT2D eigenvalue weighted by molar-refractivity contribution is 5.85. The molecule has 0 bridgehead atoms. The highest BCUT2D eigenvalue weighted by Crippen LogP contribution is 2.31. The van der Waals surface area contributed by atoms with Gasteiger partial charge in [0, 0.05) is 19.6 Å². The van der Waals surface area contributed by atoms with Crippen LogP contribution in [-0.2, 0) is 22.6 Å². The van der Waals surface area contributed by atoms with Gasteiger partial charge in [-0.2, -0.15) is 0 Å². The van der Waals surface area contributed by atoms with Gasteiger partial charge in [0.1, 0.15) is 5.75 Å². The second-order valence-corrected chi connectivity index (χ2v) is 8.38. The molecule has 0 saturated carbocycles. The van der Waals surface area contributed by atoms with Crippen LogP contribution in [0.3, 0.4) is 0 Å². The van der Waals surface area contributed by atoms with Gasteiger partial charge in [-0.15, -0.1) is 0 Å². The number of likely N-dealkylation sites (tertiary alicyclic amines) is 1. The van der Waals surface area contributed by atoms with Crippen molar-refractivity contribution in [1.82, 2.24) is 10.2 Å². The van der Waals surface area contributed by atoms with Crippen molar-refractivity contribution in [2.75, 3.05) is 34.4 Å². The van der Waals surface area contributed by atoms with Gasteiger partial charge in [0.05, 0.1) is 33.2 Å². The minimum absolute atomic E-state index is 0.00346. The van der Waals surface area contributed by atoms with Crippen molar-refractivity contribution in [3.05, 3.63) is 53.6 Å². The Balaban J connectivity index is 1.61. The Morgan fingerprint density at radius 3 is 2.50 bits per heavy atom. The molecule has 2 amide bonds. The molecule has 0 aliphatic carbocycles. The van der Waals surface area contributed by atoms with E-state index in [-0.39, 0.29) is 18.2 Å². The number of benzene rings is 2. The fourth-order valence-electron chi connectivity index (χ4n) is 4.09. The van der Waals surface area contributed by atoms with Gasteiger partial charge in [-0.05, 0) is 55.2 Å². The van der Waals surface area contributed by atoms with Crippen molar-refractivity contribution in [2.24, 2.45) is 5.41 Å². The number of ether oxygens (including phenoxy) is 3. The van der Waals surface area contributed by atoms with Crippen LogP contribution in [0.2, 0.25) is 0 Å². The van der Waals surface area contributed by atoms with Crippen LogP contribution in [0.4, 0.5) is 0 Å². The van der Waals surface area contributed by atoms with Crippen molar-refractivity contribution in [2.45, 2.75) is 32.7 Å². The van der Waals surface area contributed by atoms with Crippen LogP contribution < -0.4 is 19.5 Å². The zero-order chi connectivity index (χ0) is 23.1. The third-order valence-electron chi connectivity index (χ3n) is 5.99. The summed E-state index contributed by atoms with van der Waals surface area (Å²) in [5, 5.41) is 3.03. The lowest BCUT2D eigenvalue weighted by molar-refractivity contribution is -0.140. The summed E-state index contributed by atoms with van der Waals surface area (Å²) in [4.78, 5) is 27.8. The summed E-state index contributed by atoms with van der Waals surface area (Å²) in [5.41, 5.74) is 1.20. The van der Waals surface area contributed by atoms with E-state index in [2.05, 4.69) is 5.32 Å². The number of nitrogens with one attached hydrogen (secondary N) is 1. The molecule has 3 rings (SSSR count). The average molecular weight is 441 g/mol. The quantitative estimate of drug-likeness (QED) is 0.682. The van der Waals surface area contributed by atoms with Crippen LogP contribution in [-0.4, -0.2) is 51.1 Å². The van der Waals surface area contributed by atoms with E-state index in [1.807, 2.05) is 43.3 Å². The molecule has 1 fully saturated rings. The van der Waals surface area contributed by atoms with Crippen LogP contribution in [0.25, 0.3) is 0 Å². The van der Waals surface area contributed by atoms with Crippen molar-refractivity contribution in [1.29, 1.82) is 0 Å². The molecule has 1 aliphatic heterocycles. The third kappa shape index (κ3) is 5.52. The zero-order valence-corrected chi connectivity index (χ0v) is 19.3. The Hall–Kier alpha value is -3.22. The molecule has 1 heterocycles. The second-order valence-electron chi connectivity index (χ2n) is 8.38. The van der Waals surface area contributed by atoms with Crippen molar-refractivity contribution < 1.29 is 23.8 Å². The highest BCUT2D eigenvalue weighted by Gasteiger charge is 2.39. The summed E-state index contributed by atoms with van der Waals surface area (Å²) < 4.78 is 15.8. The summed E-state index contributed by atoms with van der Waals surface area (Å²) in [7, 11) is 4.77. The van der Waals surface area contributed by atoms with Gasteiger partial charge in [-0.25, -0.2) is 0 Å². The van der Waals surface area contributed by atoms with Crippen LogP contribution in [0.1, 0.15) is 30.9 Å². The molecule has 2 aromatic rings. The van der Waals surface area contributed by atoms with E-state index in [4.69, 9.17) is 14.2 Å². The van der Waals surface area contributed by atoms with Crippen LogP contribution in [0.5, 0.6) is 17.2 Å².